The summed E-state index contributed by atoms with van der Waals surface area (Å²) in [7, 11) is 1.14. The third-order valence-electron chi connectivity index (χ3n) is 2.63. The van der Waals surface area contributed by atoms with Crippen LogP contribution in [-0.2, 0) is 23.7 Å². The Labute approximate surface area is 164 Å². The number of carbonyl (C=O) groups excluding carboxylic acids is 4. The molecule has 3 amide bonds. The van der Waals surface area contributed by atoms with E-state index in [0.29, 0.717) is 0 Å². The standard InChI is InChI=1S/C17H31N3O8/c1-16(2,3)27-13(22)18-8-9-26-15(24)20-11(12(21)25-7)10-19-14(23)28-17(4,5)6/h11H,8-10H2,1-7H3,(H,18,22)(H,19,23)(H,20,24)/t11-/m0/s1. The molecule has 0 rings (SSSR count). The first kappa shape index (κ1) is 25.3. The van der Waals surface area contributed by atoms with Crippen molar-refractivity contribution < 1.29 is 38.1 Å². The second kappa shape index (κ2) is 11.2. The van der Waals surface area contributed by atoms with Gasteiger partial charge in [-0.05, 0) is 41.5 Å². The molecular weight excluding hydrogens is 374 g/mol. The number of alkyl carbamates (subject to hydrolysis) is 3. The first-order valence-corrected chi connectivity index (χ1v) is 8.68. The number of hydrogen-bond acceptors (Lipinski definition) is 8. The second-order valence-corrected chi connectivity index (χ2v) is 7.67. The van der Waals surface area contributed by atoms with Crippen LogP contribution in [0.25, 0.3) is 0 Å². The minimum atomic E-state index is -1.18. The monoisotopic (exact) mass is 405 g/mol. The summed E-state index contributed by atoms with van der Waals surface area (Å²) in [5, 5.41) is 7.03. The van der Waals surface area contributed by atoms with E-state index >= 15 is 0 Å². The number of esters is 1. The van der Waals surface area contributed by atoms with Crippen LogP contribution in [0, 0.1) is 0 Å². The summed E-state index contributed by atoms with van der Waals surface area (Å²) in [6.45, 7) is 9.81. The Kier molecular flexibility index (Phi) is 10.1. The third kappa shape index (κ3) is 13.5. The minimum absolute atomic E-state index is 0.0153. The number of rotatable bonds is 7. The highest BCUT2D eigenvalue weighted by Gasteiger charge is 2.24. The van der Waals surface area contributed by atoms with Crippen molar-refractivity contribution in [3.63, 3.8) is 0 Å². The van der Waals surface area contributed by atoms with Crippen LogP contribution >= 0.6 is 0 Å². The largest absolute Gasteiger partial charge is 0.467 e. The summed E-state index contributed by atoms with van der Waals surface area (Å²) < 4.78 is 19.5. The molecule has 11 nitrogen and oxygen atoms in total. The van der Waals surface area contributed by atoms with Crippen LogP contribution in [0.5, 0.6) is 0 Å². The van der Waals surface area contributed by atoms with E-state index in [0.717, 1.165) is 7.11 Å². The van der Waals surface area contributed by atoms with Gasteiger partial charge in [-0.1, -0.05) is 0 Å². The van der Waals surface area contributed by atoms with Gasteiger partial charge in [0.25, 0.3) is 0 Å². The van der Waals surface area contributed by atoms with Gasteiger partial charge in [-0.2, -0.15) is 0 Å². The average molecular weight is 405 g/mol. The summed E-state index contributed by atoms with van der Waals surface area (Å²) in [5.74, 6) is -0.778. The Morgan fingerprint density at radius 2 is 1.32 bits per heavy atom. The van der Waals surface area contributed by atoms with Gasteiger partial charge in [-0.3, -0.25) is 0 Å². The Morgan fingerprint density at radius 3 is 1.79 bits per heavy atom. The molecule has 162 valence electrons. The molecule has 0 aromatic heterocycles. The van der Waals surface area contributed by atoms with E-state index in [4.69, 9.17) is 14.2 Å². The van der Waals surface area contributed by atoms with E-state index in [2.05, 4.69) is 20.7 Å². The summed E-state index contributed by atoms with van der Waals surface area (Å²) in [5.41, 5.74) is -1.35. The third-order valence-corrected chi connectivity index (χ3v) is 2.63. The summed E-state index contributed by atoms with van der Waals surface area (Å²) in [4.78, 5) is 46.6. The maximum atomic E-state index is 11.8. The Bertz CT molecular complexity index is 552. The number of carbonyl (C=O) groups is 4. The zero-order valence-corrected chi connectivity index (χ0v) is 17.5. The summed E-state index contributed by atoms with van der Waals surface area (Å²) >= 11 is 0. The number of nitrogens with one attached hydrogen (secondary N) is 3. The SMILES string of the molecule is COC(=O)[C@H](CNC(=O)OC(C)(C)C)NC(=O)OCCNC(=O)OC(C)(C)C. The van der Waals surface area contributed by atoms with Gasteiger partial charge in [0.05, 0.1) is 20.2 Å². The maximum Gasteiger partial charge on any atom is 0.407 e. The fourth-order valence-corrected chi connectivity index (χ4v) is 1.63. The molecule has 0 unspecified atom stereocenters. The zero-order valence-electron chi connectivity index (χ0n) is 17.5. The highest BCUT2D eigenvalue weighted by Crippen LogP contribution is 2.07. The van der Waals surface area contributed by atoms with Crippen molar-refractivity contribution >= 4 is 24.2 Å². The number of methoxy groups -OCH3 is 1. The highest BCUT2D eigenvalue weighted by molar-refractivity contribution is 5.82. The predicted molar refractivity (Wildman–Crippen MR) is 98.8 cm³/mol. The highest BCUT2D eigenvalue weighted by atomic mass is 16.6. The molecule has 0 radical (unpaired) electrons. The van der Waals surface area contributed by atoms with Crippen molar-refractivity contribution in [1.29, 1.82) is 0 Å². The molecule has 0 aliphatic carbocycles. The van der Waals surface area contributed by atoms with Gasteiger partial charge in [-0.25, -0.2) is 19.2 Å². The van der Waals surface area contributed by atoms with Crippen molar-refractivity contribution in [2.24, 2.45) is 0 Å². The molecule has 1 atom stereocenters. The summed E-state index contributed by atoms with van der Waals surface area (Å²) in [6.07, 6.45) is -2.32. The predicted octanol–water partition coefficient (Wildman–Crippen LogP) is 1.30. The van der Waals surface area contributed by atoms with Gasteiger partial charge in [0, 0.05) is 0 Å². The van der Waals surface area contributed by atoms with Crippen molar-refractivity contribution in [1.82, 2.24) is 16.0 Å². The van der Waals surface area contributed by atoms with E-state index < -0.39 is 41.5 Å². The molecule has 0 aromatic carbocycles. The van der Waals surface area contributed by atoms with E-state index in [1.807, 2.05) is 0 Å². The van der Waals surface area contributed by atoms with Gasteiger partial charge in [-0.15, -0.1) is 0 Å². The number of hydrogen-bond donors (Lipinski definition) is 3. The molecule has 0 spiro atoms. The fourth-order valence-electron chi connectivity index (χ4n) is 1.63. The lowest BCUT2D eigenvalue weighted by atomic mass is 10.2. The van der Waals surface area contributed by atoms with Crippen molar-refractivity contribution in [3.8, 4) is 0 Å². The molecule has 0 aliphatic heterocycles. The molecular formula is C17H31N3O8. The second-order valence-electron chi connectivity index (χ2n) is 7.67. The molecule has 3 N–H and O–H groups in total. The van der Waals surface area contributed by atoms with Gasteiger partial charge >= 0.3 is 24.2 Å². The Balaban J connectivity index is 4.35. The zero-order chi connectivity index (χ0) is 22.0. The van der Waals surface area contributed by atoms with E-state index in [1.54, 1.807) is 41.5 Å². The van der Waals surface area contributed by atoms with Crippen LogP contribution in [-0.4, -0.2) is 68.3 Å². The van der Waals surface area contributed by atoms with Gasteiger partial charge in [0.2, 0.25) is 0 Å². The van der Waals surface area contributed by atoms with Crippen LogP contribution in [0.3, 0.4) is 0 Å². The molecule has 0 bridgehead atoms. The van der Waals surface area contributed by atoms with Crippen molar-refractivity contribution in [2.45, 2.75) is 58.8 Å². The lowest BCUT2D eigenvalue weighted by Crippen LogP contribution is -2.50. The first-order chi connectivity index (χ1) is 12.7. The van der Waals surface area contributed by atoms with Crippen molar-refractivity contribution in [3.05, 3.63) is 0 Å². The molecule has 0 saturated carbocycles. The topological polar surface area (TPSA) is 141 Å². The molecule has 0 fully saturated rings. The summed E-state index contributed by atoms with van der Waals surface area (Å²) in [6, 6.07) is -1.18. The molecule has 0 aliphatic rings. The number of ether oxygens (including phenoxy) is 4. The van der Waals surface area contributed by atoms with Gasteiger partial charge in [0.15, 0.2) is 0 Å². The Hall–Kier alpha value is -2.72. The van der Waals surface area contributed by atoms with Crippen LogP contribution in [0.1, 0.15) is 41.5 Å². The quantitative estimate of drug-likeness (QED) is 0.327. The molecule has 28 heavy (non-hydrogen) atoms. The lowest BCUT2D eigenvalue weighted by molar-refractivity contribution is -0.142. The van der Waals surface area contributed by atoms with Gasteiger partial charge < -0.3 is 34.9 Å². The van der Waals surface area contributed by atoms with Crippen LogP contribution < -0.4 is 16.0 Å². The molecule has 0 heterocycles. The fraction of sp³-hybridized carbons (Fsp3) is 0.765. The normalized spacial score (nSPS) is 12.2. The molecule has 0 saturated heterocycles. The van der Waals surface area contributed by atoms with E-state index in [1.165, 1.54) is 0 Å². The first-order valence-electron chi connectivity index (χ1n) is 8.68. The number of amides is 3. The lowest BCUT2D eigenvalue weighted by Gasteiger charge is -2.21. The van der Waals surface area contributed by atoms with Crippen molar-refractivity contribution in [2.75, 3.05) is 26.8 Å². The van der Waals surface area contributed by atoms with E-state index in [-0.39, 0.29) is 19.7 Å². The average Bonchev–Trinajstić information content (AvgIpc) is 2.51. The van der Waals surface area contributed by atoms with Crippen LogP contribution in [0.15, 0.2) is 0 Å². The van der Waals surface area contributed by atoms with Crippen LogP contribution in [0.2, 0.25) is 0 Å². The smallest absolute Gasteiger partial charge is 0.407 e. The van der Waals surface area contributed by atoms with E-state index in [9.17, 15) is 19.2 Å². The minimum Gasteiger partial charge on any atom is -0.467 e. The maximum absolute atomic E-state index is 11.8. The van der Waals surface area contributed by atoms with Crippen LogP contribution in [0.4, 0.5) is 14.4 Å². The van der Waals surface area contributed by atoms with Gasteiger partial charge in [0.1, 0.15) is 23.9 Å². The Morgan fingerprint density at radius 1 is 0.821 bits per heavy atom. The molecule has 11 heteroatoms. The molecule has 0 aromatic rings.